The van der Waals surface area contributed by atoms with E-state index >= 15 is 0 Å². The Labute approximate surface area is 132 Å². The minimum absolute atomic E-state index is 0.0219. The Morgan fingerprint density at radius 3 is 2.73 bits per heavy atom. The first-order valence-electron chi connectivity index (χ1n) is 7.81. The van der Waals surface area contributed by atoms with Gasteiger partial charge in [0.15, 0.2) is 0 Å². The summed E-state index contributed by atoms with van der Waals surface area (Å²) in [5.74, 6) is 2.02. The van der Waals surface area contributed by atoms with Crippen molar-refractivity contribution in [2.75, 3.05) is 20.3 Å². The van der Waals surface area contributed by atoms with Gasteiger partial charge >= 0.3 is 0 Å². The molecule has 1 atom stereocenters. The summed E-state index contributed by atoms with van der Waals surface area (Å²) in [6.07, 6.45) is 1.91. The van der Waals surface area contributed by atoms with E-state index in [0.29, 0.717) is 24.7 Å². The molecular weight excluding hydrogens is 278 g/mol. The Morgan fingerprint density at radius 2 is 2.09 bits per heavy atom. The number of rotatable bonds is 5. The maximum Gasteiger partial charge on any atom is 0.253 e. The molecule has 0 radical (unpaired) electrons. The van der Waals surface area contributed by atoms with Crippen molar-refractivity contribution < 1.29 is 14.3 Å². The highest BCUT2D eigenvalue weighted by atomic mass is 16.5. The second-order valence-corrected chi connectivity index (χ2v) is 5.99. The number of amides is 1. The van der Waals surface area contributed by atoms with Gasteiger partial charge in [-0.1, -0.05) is 13.8 Å². The third-order valence-electron chi connectivity index (χ3n) is 4.18. The molecule has 0 aliphatic carbocycles. The number of benzene rings is 1. The van der Waals surface area contributed by atoms with E-state index in [1.54, 1.807) is 4.90 Å². The zero-order valence-corrected chi connectivity index (χ0v) is 14.1. The van der Waals surface area contributed by atoms with Crippen LogP contribution in [0.4, 0.5) is 0 Å². The fraction of sp³-hybridized carbons (Fsp3) is 0.500. The van der Waals surface area contributed by atoms with Gasteiger partial charge in [0.25, 0.3) is 5.91 Å². The Kier molecular flexibility index (Phi) is 5.11. The van der Waals surface area contributed by atoms with E-state index in [4.69, 9.17) is 9.47 Å². The molecule has 1 aromatic rings. The van der Waals surface area contributed by atoms with Crippen molar-refractivity contribution in [1.29, 1.82) is 0 Å². The predicted octanol–water partition coefficient (Wildman–Crippen LogP) is 3.36. The van der Waals surface area contributed by atoms with E-state index in [1.165, 1.54) is 0 Å². The van der Waals surface area contributed by atoms with Crippen molar-refractivity contribution in [3.63, 3.8) is 0 Å². The number of hydrogen-bond donors (Lipinski definition) is 0. The van der Waals surface area contributed by atoms with Crippen LogP contribution < -0.4 is 9.47 Å². The van der Waals surface area contributed by atoms with Crippen molar-refractivity contribution in [3.05, 3.63) is 29.3 Å². The number of likely N-dealkylation sites (N-methyl/N-ethyl adjacent to an activating group) is 1. The lowest BCUT2D eigenvalue weighted by Gasteiger charge is -2.30. The first-order chi connectivity index (χ1) is 10.4. The predicted molar refractivity (Wildman–Crippen MR) is 88.2 cm³/mol. The van der Waals surface area contributed by atoms with Crippen molar-refractivity contribution in [2.45, 2.75) is 33.7 Å². The molecular formula is C18H25NO3. The van der Waals surface area contributed by atoms with Gasteiger partial charge in [-0.15, -0.1) is 0 Å². The van der Waals surface area contributed by atoms with E-state index < -0.39 is 0 Å². The molecule has 4 heteroatoms. The minimum atomic E-state index is 0.0219. The third kappa shape index (κ3) is 3.43. The maximum atomic E-state index is 12.6. The summed E-state index contributed by atoms with van der Waals surface area (Å²) in [5, 5.41) is 0. The zero-order valence-electron chi connectivity index (χ0n) is 14.1. The van der Waals surface area contributed by atoms with Crippen molar-refractivity contribution in [3.8, 4) is 11.5 Å². The van der Waals surface area contributed by atoms with Crippen LogP contribution in [0.5, 0.6) is 11.5 Å². The highest BCUT2D eigenvalue weighted by Crippen LogP contribution is 2.30. The van der Waals surface area contributed by atoms with Gasteiger partial charge in [-0.05, 0) is 44.0 Å². The monoisotopic (exact) mass is 303 g/mol. The largest absolute Gasteiger partial charge is 0.494 e. The molecule has 0 fully saturated rings. The molecule has 2 rings (SSSR count). The molecule has 0 saturated heterocycles. The topological polar surface area (TPSA) is 38.8 Å². The summed E-state index contributed by atoms with van der Waals surface area (Å²) in [5.41, 5.74) is 1.57. The number of fused-ring (bicyclic) bond motifs is 1. The Morgan fingerprint density at radius 1 is 1.36 bits per heavy atom. The van der Waals surface area contributed by atoms with Gasteiger partial charge in [0.2, 0.25) is 0 Å². The number of carbonyl (C=O) groups excluding carboxylic acids is 1. The fourth-order valence-electron chi connectivity index (χ4n) is 2.39. The van der Waals surface area contributed by atoms with Crippen LogP contribution in [0, 0.1) is 5.92 Å². The second kappa shape index (κ2) is 6.86. The van der Waals surface area contributed by atoms with Gasteiger partial charge in [-0.3, -0.25) is 4.79 Å². The van der Waals surface area contributed by atoms with E-state index in [0.717, 1.165) is 17.1 Å². The molecule has 4 nitrogen and oxygen atoms in total. The highest BCUT2D eigenvalue weighted by Gasteiger charge is 2.24. The third-order valence-corrected chi connectivity index (χ3v) is 4.18. The summed E-state index contributed by atoms with van der Waals surface area (Å²) >= 11 is 0. The summed E-state index contributed by atoms with van der Waals surface area (Å²) in [7, 11) is 1.85. The number of nitrogens with zero attached hydrogens (tertiary/aromatic N) is 1. The quantitative estimate of drug-likeness (QED) is 0.837. The first-order valence-corrected chi connectivity index (χ1v) is 7.81. The van der Waals surface area contributed by atoms with Gasteiger partial charge in [0.1, 0.15) is 18.1 Å². The van der Waals surface area contributed by atoms with E-state index in [2.05, 4.69) is 20.8 Å². The maximum absolute atomic E-state index is 12.6. The lowest BCUT2D eigenvalue weighted by molar-refractivity contribution is -0.128. The molecule has 0 saturated carbocycles. The lowest BCUT2D eigenvalue weighted by atomic mass is 10.0. The molecule has 1 heterocycles. The van der Waals surface area contributed by atoms with E-state index in [1.807, 2.05) is 38.2 Å². The summed E-state index contributed by atoms with van der Waals surface area (Å²) in [6.45, 7) is 9.17. The SMILES string of the molecule is CCOc1ccc2c(c1)C=C(C(=O)N(C)C(C)C(C)C)CO2. The average molecular weight is 303 g/mol. The molecule has 1 aliphatic heterocycles. The number of ether oxygens (including phenoxy) is 2. The van der Waals surface area contributed by atoms with Crippen LogP contribution in [-0.4, -0.2) is 37.1 Å². The van der Waals surface area contributed by atoms with E-state index in [9.17, 15) is 4.79 Å². The molecule has 22 heavy (non-hydrogen) atoms. The fourth-order valence-corrected chi connectivity index (χ4v) is 2.39. The lowest BCUT2D eigenvalue weighted by Crippen LogP contribution is -2.40. The Bertz CT molecular complexity index is 578. The van der Waals surface area contributed by atoms with Crippen LogP contribution in [0.3, 0.4) is 0 Å². The van der Waals surface area contributed by atoms with Gasteiger partial charge in [-0.25, -0.2) is 0 Å². The zero-order chi connectivity index (χ0) is 16.3. The molecule has 0 aromatic heterocycles. The summed E-state index contributed by atoms with van der Waals surface area (Å²) in [4.78, 5) is 14.4. The van der Waals surface area contributed by atoms with Crippen LogP contribution in [0.25, 0.3) is 6.08 Å². The molecule has 1 unspecified atom stereocenters. The Hall–Kier alpha value is -1.97. The molecule has 1 aliphatic rings. The number of carbonyl (C=O) groups is 1. The van der Waals surface area contributed by atoms with Gasteiger partial charge in [0.05, 0.1) is 12.2 Å². The Balaban J connectivity index is 2.23. The normalized spacial score (nSPS) is 14.7. The van der Waals surface area contributed by atoms with Gasteiger partial charge in [0, 0.05) is 18.7 Å². The highest BCUT2D eigenvalue weighted by molar-refractivity contribution is 5.99. The number of hydrogen-bond acceptors (Lipinski definition) is 3. The molecule has 0 spiro atoms. The van der Waals surface area contributed by atoms with Crippen LogP contribution in [0.1, 0.15) is 33.3 Å². The molecule has 120 valence electrons. The molecule has 0 N–H and O–H groups in total. The molecule has 0 bridgehead atoms. The van der Waals surface area contributed by atoms with Crippen LogP contribution >= 0.6 is 0 Å². The van der Waals surface area contributed by atoms with E-state index in [-0.39, 0.29) is 11.9 Å². The average Bonchev–Trinajstić information content (AvgIpc) is 2.52. The van der Waals surface area contributed by atoms with Crippen molar-refractivity contribution in [2.24, 2.45) is 5.92 Å². The molecule has 1 aromatic carbocycles. The van der Waals surface area contributed by atoms with Gasteiger partial charge < -0.3 is 14.4 Å². The summed E-state index contributed by atoms with van der Waals surface area (Å²) in [6, 6.07) is 5.87. The first kappa shape index (κ1) is 16.4. The van der Waals surface area contributed by atoms with Crippen molar-refractivity contribution in [1.82, 2.24) is 4.90 Å². The van der Waals surface area contributed by atoms with Crippen LogP contribution in [0.15, 0.2) is 23.8 Å². The summed E-state index contributed by atoms with van der Waals surface area (Å²) < 4.78 is 11.2. The molecule has 1 amide bonds. The van der Waals surface area contributed by atoms with Crippen LogP contribution in [0.2, 0.25) is 0 Å². The minimum Gasteiger partial charge on any atom is -0.494 e. The standard InChI is InChI=1S/C18H25NO3/c1-6-21-16-7-8-17-14(10-16)9-15(11-22-17)18(20)19(5)13(4)12(2)3/h7-10,12-13H,6,11H2,1-5H3. The van der Waals surface area contributed by atoms with Crippen LogP contribution in [-0.2, 0) is 4.79 Å². The van der Waals surface area contributed by atoms with Crippen molar-refractivity contribution >= 4 is 12.0 Å². The second-order valence-electron chi connectivity index (χ2n) is 5.99. The van der Waals surface area contributed by atoms with Gasteiger partial charge in [-0.2, -0.15) is 0 Å². The smallest absolute Gasteiger partial charge is 0.253 e.